The van der Waals surface area contributed by atoms with Crippen LogP contribution < -0.4 is 5.32 Å². The van der Waals surface area contributed by atoms with E-state index in [1.807, 2.05) is 31.2 Å². The van der Waals surface area contributed by atoms with Crippen LogP contribution in [0.4, 0.5) is 0 Å². The molecular weight excluding hydrogens is 302 g/mol. The number of halogens is 1. The van der Waals surface area contributed by atoms with Crippen LogP contribution in [0.25, 0.3) is 0 Å². The van der Waals surface area contributed by atoms with Crippen LogP contribution in [0.5, 0.6) is 0 Å². The normalized spacial score (nSPS) is 27.0. The number of hydrogen-bond donors (Lipinski definition) is 1. The molecule has 1 aromatic carbocycles. The molecule has 0 aliphatic heterocycles. The molecule has 0 radical (unpaired) electrons. The number of aryl methyl sites for hydroxylation is 1. The molecule has 0 saturated heterocycles. The van der Waals surface area contributed by atoms with Gasteiger partial charge < -0.3 is 5.32 Å². The zero-order valence-electron chi connectivity index (χ0n) is 11.7. The van der Waals surface area contributed by atoms with Crippen LogP contribution >= 0.6 is 15.9 Å². The summed E-state index contributed by atoms with van der Waals surface area (Å²) in [6.07, 6.45) is 4.52. The minimum Gasteiger partial charge on any atom is -0.346 e. The Balaban J connectivity index is 2.06. The molecule has 1 N–H and O–H groups in total. The Morgan fingerprint density at radius 1 is 1.32 bits per heavy atom. The molecule has 2 rings (SSSR count). The third kappa shape index (κ3) is 3.59. The standard InChI is InChI=1S/C16H22BrNO/c1-12-3-5-14(6-4-12)15(19)18-16(11-17)9-7-13(2)8-10-16/h3-6,13H,7-11H2,1-2H3,(H,18,19). The first-order valence-corrected chi connectivity index (χ1v) is 8.12. The van der Waals surface area contributed by atoms with E-state index in [0.29, 0.717) is 0 Å². The van der Waals surface area contributed by atoms with Crippen molar-refractivity contribution in [2.75, 3.05) is 5.33 Å². The van der Waals surface area contributed by atoms with Gasteiger partial charge in [-0.15, -0.1) is 0 Å². The van der Waals surface area contributed by atoms with Gasteiger partial charge in [-0.05, 0) is 50.7 Å². The van der Waals surface area contributed by atoms with Crippen LogP contribution in [0.1, 0.15) is 48.5 Å². The molecule has 1 amide bonds. The summed E-state index contributed by atoms with van der Waals surface area (Å²) in [5.41, 5.74) is 1.87. The lowest BCUT2D eigenvalue weighted by molar-refractivity contribution is 0.0874. The average molecular weight is 324 g/mol. The summed E-state index contributed by atoms with van der Waals surface area (Å²) in [4.78, 5) is 12.3. The fraction of sp³-hybridized carbons (Fsp3) is 0.562. The van der Waals surface area contributed by atoms with E-state index in [-0.39, 0.29) is 11.4 Å². The lowest BCUT2D eigenvalue weighted by Crippen LogP contribution is -2.52. The molecule has 1 saturated carbocycles. The molecule has 1 fully saturated rings. The highest BCUT2D eigenvalue weighted by molar-refractivity contribution is 9.09. The molecule has 19 heavy (non-hydrogen) atoms. The third-order valence-corrected chi connectivity index (χ3v) is 5.25. The van der Waals surface area contributed by atoms with E-state index in [0.717, 1.165) is 29.7 Å². The van der Waals surface area contributed by atoms with E-state index in [1.54, 1.807) is 0 Å². The average Bonchev–Trinajstić information content (AvgIpc) is 2.42. The van der Waals surface area contributed by atoms with Gasteiger partial charge in [0.1, 0.15) is 0 Å². The van der Waals surface area contributed by atoms with Crippen molar-refractivity contribution in [1.82, 2.24) is 5.32 Å². The molecule has 0 bridgehead atoms. The van der Waals surface area contributed by atoms with E-state index in [4.69, 9.17) is 0 Å². The van der Waals surface area contributed by atoms with Gasteiger partial charge in [0.2, 0.25) is 0 Å². The SMILES string of the molecule is Cc1ccc(C(=O)NC2(CBr)CCC(C)CC2)cc1. The Bertz CT molecular complexity index is 433. The summed E-state index contributed by atoms with van der Waals surface area (Å²) in [7, 11) is 0. The molecule has 0 heterocycles. The highest BCUT2D eigenvalue weighted by Crippen LogP contribution is 2.33. The molecule has 0 unspecified atom stereocenters. The third-order valence-electron chi connectivity index (χ3n) is 4.18. The van der Waals surface area contributed by atoms with Crippen molar-refractivity contribution >= 4 is 21.8 Å². The smallest absolute Gasteiger partial charge is 0.251 e. The monoisotopic (exact) mass is 323 g/mol. The molecule has 1 aliphatic carbocycles. The fourth-order valence-corrected chi connectivity index (χ4v) is 3.33. The van der Waals surface area contributed by atoms with Gasteiger partial charge in [-0.3, -0.25) is 4.79 Å². The summed E-state index contributed by atoms with van der Waals surface area (Å²) in [6.45, 7) is 4.32. The first-order chi connectivity index (χ1) is 9.04. The van der Waals surface area contributed by atoms with Crippen LogP contribution in [0.3, 0.4) is 0 Å². The number of carbonyl (C=O) groups excluding carboxylic acids is 1. The second-order valence-electron chi connectivity index (χ2n) is 5.92. The minimum atomic E-state index is -0.0610. The van der Waals surface area contributed by atoms with Crippen molar-refractivity contribution in [3.8, 4) is 0 Å². The van der Waals surface area contributed by atoms with Gasteiger partial charge in [0, 0.05) is 10.9 Å². The minimum absolute atomic E-state index is 0.0500. The molecular formula is C16H22BrNO. The lowest BCUT2D eigenvalue weighted by Gasteiger charge is -2.39. The topological polar surface area (TPSA) is 29.1 Å². The van der Waals surface area contributed by atoms with E-state index < -0.39 is 0 Å². The summed E-state index contributed by atoms with van der Waals surface area (Å²) in [5, 5.41) is 4.09. The van der Waals surface area contributed by atoms with E-state index in [1.165, 1.54) is 18.4 Å². The maximum absolute atomic E-state index is 12.3. The quantitative estimate of drug-likeness (QED) is 0.835. The van der Waals surface area contributed by atoms with Crippen LogP contribution in [0, 0.1) is 12.8 Å². The van der Waals surface area contributed by atoms with Gasteiger partial charge in [-0.2, -0.15) is 0 Å². The molecule has 0 atom stereocenters. The molecule has 3 heteroatoms. The lowest BCUT2D eigenvalue weighted by atomic mass is 9.78. The predicted molar refractivity (Wildman–Crippen MR) is 82.8 cm³/mol. The van der Waals surface area contributed by atoms with Crippen molar-refractivity contribution in [2.24, 2.45) is 5.92 Å². The Hall–Kier alpha value is -0.830. The van der Waals surface area contributed by atoms with Crippen molar-refractivity contribution < 1.29 is 4.79 Å². The highest BCUT2D eigenvalue weighted by atomic mass is 79.9. The van der Waals surface area contributed by atoms with E-state index in [2.05, 4.69) is 28.2 Å². The van der Waals surface area contributed by atoms with Crippen molar-refractivity contribution in [2.45, 2.75) is 45.1 Å². The highest BCUT2D eigenvalue weighted by Gasteiger charge is 2.34. The summed E-state index contributed by atoms with van der Waals surface area (Å²) < 4.78 is 0. The maximum Gasteiger partial charge on any atom is 0.251 e. The number of nitrogens with one attached hydrogen (secondary N) is 1. The number of alkyl halides is 1. The largest absolute Gasteiger partial charge is 0.346 e. The number of benzene rings is 1. The van der Waals surface area contributed by atoms with Crippen molar-refractivity contribution in [1.29, 1.82) is 0 Å². The second-order valence-corrected chi connectivity index (χ2v) is 6.48. The van der Waals surface area contributed by atoms with Gasteiger partial charge in [0.05, 0.1) is 5.54 Å². The Morgan fingerprint density at radius 2 is 1.89 bits per heavy atom. The van der Waals surface area contributed by atoms with Crippen molar-refractivity contribution in [3.05, 3.63) is 35.4 Å². The van der Waals surface area contributed by atoms with Gasteiger partial charge >= 0.3 is 0 Å². The zero-order chi connectivity index (χ0) is 13.9. The predicted octanol–water partition coefficient (Wildman–Crippen LogP) is 4.07. The first-order valence-electron chi connectivity index (χ1n) is 7.00. The second kappa shape index (κ2) is 6.08. The van der Waals surface area contributed by atoms with Gasteiger partial charge in [0.15, 0.2) is 0 Å². The number of carbonyl (C=O) groups is 1. The van der Waals surface area contributed by atoms with Crippen LogP contribution in [-0.4, -0.2) is 16.8 Å². The Labute approximate surface area is 124 Å². The molecule has 0 spiro atoms. The Kier molecular flexibility index (Phi) is 4.67. The molecule has 0 aromatic heterocycles. The van der Waals surface area contributed by atoms with Crippen LogP contribution in [0.2, 0.25) is 0 Å². The fourth-order valence-electron chi connectivity index (χ4n) is 2.62. The van der Waals surface area contributed by atoms with Gasteiger partial charge in [-0.1, -0.05) is 40.5 Å². The maximum atomic E-state index is 12.3. The van der Waals surface area contributed by atoms with Gasteiger partial charge in [-0.25, -0.2) is 0 Å². The molecule has 1 aromatic rings. The molecule has 104 valence electrons. The summed E-state index contributed by atoms with van der Waals surface area (Å²) >= 11 is 3.59. The number of rotatable bonds is 3. The molecule has 1 aliphatic rings. The van der Waals surface area contributed by atoms with Crippen molar-refractivity contribution in [3.63, 3.8) is 0 Å². The van der Waals surface area contributed by atoms with E-state index >= 15 is 0 Å². The number of hydrogen-bond acceptors (Lipinski definition) is 1. The summed E-state index contributed by atoms with van der Waals surface area (Å²) in [5.74, 6) is 0.831. The zero-order valence-corrected chi connectivity index (χ0v) is 13.3. The van der Waals surface area contributed by atoms with Gasteiger partial charge in [0.25, 0.3) is 5.91 Å². The Morgan fingerprint density at radius 3 is 2.42 bits per heavy atom. The molecule has 2 nitrogen and oxygen atoms in total. The first kappa shape index (κ1) is 14.6. The summed E-state index contributed by atoms with van der Waals surface area (Å²) in [6, 6.07) is 7.77. The number of amides is 1. The van der Waals surface area contributed by atoms with Crippen LogP contribution in [0.15, 0.2) is 24.3 Å². The van der Waals surface area contributed by atoms with E-state index in [9.17, 15) is 4.79 Å². The van der Waals surface area contributed by atoms with Crippen LogP contribution in [-0.2, 0) is 0 Å².